The summed E-state index contributed by atoms with van der Waals surface area (Å²) in [5.74, 6) is -8.43. The van der Waals surface area contributed by atoms with Crippen molar-refractivity contribution in [3.05, 3.63) is 62.7 Å². The normalized spacial score (nSPS) is 17.7. The van der Waals surface area contributed by atoms with Gasteiger partial charge in [0.1, 0.15) is 47.0 Å². The van der Waals surface area contributed by atoms with Crippen molar-refractivity contribution in [1.82, 2.24) is 5.32 Å². The quantitative estimate of drug-likeness (QED) is 0.166. The highest BCUT2D eigenvalue weighted by Gasteiger charge is 2.46. The number of ether oxygens (including phenoxy) is 1. The van der Waals surface area contributed by atoms with E-state index in [0.717, 1.165) is 19.2 Å². The van der Waals surface area contributed by atoms with Gasteiger partial charge in [0.2, 0.25) is 5.78 Å². The maximum absolute atomic E-state index is 13.5. The van der Waals surface area contributed by atoms with Crippen molar-refractivity contribution >= 4 is 23.4 Å². The number of fused-ring (bicyclic) bond motifs is 5. The summed E-state index contributed by atoms with van der Waals surface area (Å²) in [6.45, 7) is 2.60. The number of hydrogen-bond acceptors (Lipinski definition) is 11. The highest BCUT2D eigenvalue weighted by atomic mass is 16.5. The number of rotatable bonds is 4. The molecule has 5 rings (SSSR count). The molecule has 0 fully saturated rings. The van der Waals surface area contributed by atoms with Crippen molar-refractivity contribution in [1.29, 1.82) is 0 Å². The monoisotopic (exact) mass is 565 g/mol. The van der Waals surface area contributed by atoms with Crippen molar-refractivity contribution in [2.45, 2.75) is 32.1 Å². The number of aryl methyl sites for hydroxylation is 1. The van der Waals surface area contributed by atoms with Gasteiger partial charge in [0.05, 0.1) is 22.3 Å². The van der Waals surface area contributed by atoms with E-state index in [1.807, 2.05) is 0 Å². The molecule has 2 aliphatic carbocycles. The van der Waals surface area contributed by atoms with Gasteiger partial charge in [-0.1, -0.05) is 6.07 Å². The van der Waals surface area contributed by atoms with Crippen LogP contribution in [0.4, 0.5) is 0 Å². The van der Waals surface area contributed by atoms with Crippen molar-refractivity contribution in [2.75, 3.05) is 7.11 Å². The third-order valence-corrected chi connectivity index (χ3v) is 7.38. The number of benzene rings is 3. The van der Waals surface area contributed by atoms with Crippen LogP contribution in [0.25, 0.3) is 11.1 Å². The van der Waals surface area contributed by atoms with Crippen LogP contribution < -0.4 is 5.32 Å². The first-order valence-corrected chi connectivity index (χ1v) is 12.1. The van der Waals surface area contributed by atoms with Crippen molar-refractivity contribution in [2.24, 2.45) is 0 Å². The number of ketones is 2. The number of nitrogens with one attached hydrogen (secondary N) is 1. The molecule has 0 saturated carbocycles. The Morgan fingerprint density at radius 2 is 1.51 bits per heavy atom. The number of aliphatic hydroxyl groups excluding tert-OH is 1. The number of amides is 1. The highest BCUT2D eigenvalue weighted by molar-refractivity contribution is 6.32. The lowest BCUT2D eigenvalue weighted by atomic mass is 9.73. The molecule has 13 nitrogen and oxygen atoms in total. The summed E-state index contributed by atoms with van der Waals surface area (Å²) in [4.78, 5) is 51.3. The van der Waals surface area contributed by atoms with Crippen LogP contribution >= 0.6 is 0 Å². The van der Waals surface area contributed by atoms with E-state index in [0.29, 0.717) is 0 Å². The standard InChI is InChI=1S/C28H23NO12/c1-7-4-10-15(22(34)13(7)27(38)29-8(2)28(39)40)16-19(26(41-3)21(10)33)25(37)18-17(24(16)36)20(32)11-5-9(30)6-12(31)14(11)23(18)35/h4-6,8,21,26,30-31,33-34,36-37H,1-3H3,(H,29,38)(H,39,40)/t8?,21-,26-/m0/s1. The number of phenols is 5. The minimum absolute atomic E-state index is 0.0675. The molecule has 0 heterocycles. The molecule has 41 heavy (non-hydrogen) atoms. The maximum atomic E-state index is 13.5. The third-order valence-electron chi connectivity index (χ3n) is 7.38. The molecular weight excluding hydrogens is 542 g/mol. The van der Waals surface area contributed by atoms with Gasteiger partial charge in [-0.2, -0.15) is 0 Å². The summed E-state index contributed by atoms with van der Waals surface area (Å²) < 4.78 is 5.40. The number of phenolic OH excluding ortho intramolecular Hbond substituents is 5. The van der Waals surface area contributed by atoms with E-state index >= 15 is 0 Å². The molecule has 0 saturated heterocycles. The third kappa shape index (κ3) is 3.70. The number of hydrogen-bond donors (Lipinski definition) is 8. The largest absolute Gasteiger partial charge is 0.508 e. The first-order valence-electron chi connectivity index (χ1n) is 12.1. The lowest BCUT2D eigenvalue weighted by Crippen LogP contribution is -2.38. The fourth-order valence-electron chi connectivity index (χ4n) is 5.51. The van der Waals surface area contributed by atoms with Gasteiger partial charge >= 0.3 is 5.97 Å². The summed E-state index contributed by atoms with van der Waals surface area (Å²) in [7, 11) is 1.16. The van der Waals surface area contributed by atoms with E-state index < -0.39 is 109 Å². The smallest absolute Gasteiger partial charge is 0.325 e. The molecule has 3 atom stereocenters. The molecule has 13 heteroatoms. The minimum Gasteiger partial charge on any atom is -0.508 e. The van der Waals surface area contributed by atoms with Crippen molar-refractivity contribution < 1.29 is 59.7 Å². The van der Waals surface area contributed by atoms with Gasteiger partial charge in [-0.3, -0.25) is 19.2 Å². The van der Waals surface area contributed by atoms with E-state index in [9.17, 15) is 54.9 Å². The minimum atomic E-state index is -1.63. The second kappa shape index (κ2) is 9.21. The number of aliphatic hydroxyl groups is 1. The van der Waals surface area contributed by atoms with Gasteiger partial charge in [-0.15, -0.1) is 0 Å². The molecule has 1 unspecified atom stereocenters. The molecule has 0 aromatic heterocycles. The Labute approximate surface area is 230 Å². The van der Waals surface area contributed by atoms with Crippen LogP contribution in [-0.2, 0) is 9.53 Å². The van der Waals surface area contributed by atoms with Crippen LogP contribution in [-0.4, -0.2) is 72.3 Å². The lowest BCUT2D eigenvalue weighted by molar-refractivity contribution is -0.138. The molecule has 0 radical (unpaired) electrons. The number of methoxy groups -OCH3 is 1. The van der Waals surface area contributed by atoms with Crippen LogP contribution in [0.3, 0.4) is 0 Å². The molecule has 0 bridgehead atoms. The van der Waals surface area contributed by atoms with Gasteiger partial charge in [0, 0.05) is 35.4 Å². The van der Waals surface area contributed by atoms with E-state index in [1.165, 1.54) is 19.9 Å². The van der Waals surface area contributed by atoms with Gasteiger partial charge in [-0.25, -0.2) is 0 Å². The average Bonchev–Trinajstić information content (AvgIpc) is 2.88. The topological polar surface area (TPSA) is 231 Å². The van der Waals surface area contributed by atoms with E-state index in [2.05, 4.69) is 5.32 Å². The highest BCUT2D eigenvalue weighted by Crippen LogP contribution is 2.59. The second-order valence-corrected chi connectivity index (χ2v) is 9.80. The first-order chi connectivity index (χ1) is 19.2. The summed E-state index contributed by atoms with van der Waals surface area (Å²) in [6.07, 6.45) is -3.07. The molecule has 3 aromatic carbocycles. The molecule has 2 aliphatic rings. The Bertz CT molecular complexity index is 1740. The molecule has 8 N–H and O–H groups in total. The number of aliphatic carboxylic acids is 1. The zero-order valence-corrected chi connectivity index (χ0v) is 21.6. The van der Waals surface area contributed by atoms with Gasteiger partial charge < -0.3 is 45.8 Å². The fraction of sp³-hybridized carbons (Fsp3) is 0.214. The zero-order valence-electron chi connectivity index (χ0n) is 21.6. The zero-order chi connectivity index (χ0) is 30.2. The predicted octanol–water partition coefficient (Wildman–Crippen LogP) is 1.90. The van der Waals surface area contributed by atoms with E-state index in [4.69, 9.17) is 4.74 Å². The van der Waals surface area contributed by atoms with Crippen LogP contribution in [0.1, 0.15) is 78.0 Å². The molecule has 0 aliphatic heterocycles. The van der Waals surface area contributed by atoms with Crippen LogP contribution in [0, 0.1) is 6.92 Å². The first kappa shape index (κ1) is 27.4. The van der Waals surface area contributed by atoms with Crippen LogP contribution in [0.5, 0.6) is 28.7 Å². The number of carbonyl (C=O) groups excluding carboxylic acids is 3. The van der Waals surface area contributed by atoms with Gasteiger partial charge in [0.25, 0.3) is 5.91 Å². The van der Waals surface area contributed by atoms with E-state index in [1.54, 1.807) is 0 Å². The van der Waals surface area contributed by atoms with Gasteiger partial charge in [-0.05, 0) is 31.0 Å². The average molecular weight is 565 g/mol. The molecular formula is C28H23NO12. The van der Waals surface area contributed by atoms with Crippen molar-refractivity contribution in [3.8, 4) is 39.9 Å². The summed E-state index contributed by atoms with van der Waals surface area (Å²) in [5, 5.41) is 77.1. The van der Waals surface area contributed by atoms with E-state index in [-0.39, 0.29) is 16.7 Å². The fourth-order valence-corrected chi connectivity index (χ4v) is 5.51. The summed E-state index contributed by atoms with van der Waals surface area (Å²) in [6, 6.07) is 1.66. The Morgan fingerprint density at radius 3 is 2.12 bits per heavy atom. The predicted molar refractivity (Wildman–Crippen MR) is 138 cm³/mol. The maximum Gasteiger partial charge on any atom is 0.325 e. The Hall–Kier alpha value is -5.14. The SMILES string of the molecule is CO[C@H]1c2c(O)c3c(c(O)c2-c2c(cc(C)c(C(=O)NC(C)C(=O)O)c2O)[C@@H]1O)C(=O)c1cc(O)cc(O)c1C3=O. The van der Waals surface area contributed by atoms with Gasteiger partial charge in [0.15, 0.2) is 5.78 Å². The number of aromatic hydroxyl groups is 5. The number of carbonyl (C=O) groups is 4. The molecule has 212 valence electrons. The molecule has 0 spiro atoms. The Morgan fingerprint density at radius 1 is 0.878 bits per heavy atom. The van der Waals surface area contributed by atoms with Crippen molar-refractivity contribution in [3.63, 3.8) is 0 Å². The summed E-state index contributed by atoms with van der Waals surface area (Å²) >= 11 is 0. The van der Waals surface area contributed by atoms with Crippen LogP contribution in [0.2, 0.25) is 0 Å². The number of carboxylic acids is 1. The second-order valence-electron chi connectivity index (χ2n) is 9.80. The molecule has 3 aromatic rings. The Balaban J connectivity index is 1.86. The summed E-state index contributed by atoms with van der Waals surface area (Å²) in [5.41, 5.74) is -4.00. The number of carboxylic acid groups (broad SMARTS) is 1. The van der Waals surface area contributed by atoms with Crippen LogP contribution in [0.15, 0.2) is 18.2 Å². The Kier molecular flexibility index (Phi) is 6.16. The lowest BCUT2D eigenvalue weighted by Gasteiger charge is -2.35. The molecule has 1 amide bonds.